The van der Waals surface area contributed by atoms with Crippen LogP contribution in [-0.4, -0.2) is 59.7 Å². The standard InChI is InChI=1S/C29H32N4O4S2/c1-6-23-20(5)38-28-24(23)27(34)30-26(31-28)21-7-9-22(10-8-21)29(35)32-11-13-33(14-12-32)39(36,37)25-18(3)15-17(2)16-19(25)4/h7-10,15-16H,6,11-14H2,1-5H3,(H,30,31,34). The molecule has 0 radical (unpaired) electrons. The number of piperazine rings is 1. The Labute approximate surface area is 232 Å². The minimum absolute atomic E-state index is 0.153. The highest BCUT2D eigenvalue weighted by Gasteiger charge is 2.32. The number of nitrogens with one attached hydrogen (secondary N) is 1. The van der Waals surface area contributed by atoms with Crippen molar-refractivity contribution in [3.05, 3.63) is 79.4 Å². The van der Waals surface area contributed by atoms with Crippen molar-refractivity contribution in [2.75, 3.05) is 26.2 Å². The first kappa shape index (κ1) is 27.2. The number of aromatic nitrogens is 2. The molecule has 0 spiro atoms. The molecule has 5 rings (SSSR count). The number of rotatable bonds is 5. The molecule has 1 saturated heterocycles. The third-order valence-electron chi connectivity index (χ3n) is 7.35. The summed E-state index contributed by atoms with van der Waals surface area (Å²) in [6.07, 6.45) is 0.776. The van der Waals surface area contributed by atoms with Gasteiger partial charge in [0.15, 0.2) is 0 Å². The van der Waals surface area contributed by atoms with Gasteiger partial charge in [0, 0.05) is 42.2 Å². The zero-order valence-electron chi connectivity index (χ0n) is 22.8. The average molecular weight is 565 g/mol. The predicted molar refractivity (Wildman–Crippen MR) is 155 cm³/mol. The molecule has 10 heteroatoms. The van der Waals surface area contributed by atoms with Gasteiger partial charge in [0.2, 0.25) is 10.0 Å². The fourth-order valence-corrected chi connectivity index (χ4v) is 8.47. The maximum atomic E-state index is 13.4. The van der Waals surface area contributed by atoms with Crippen LogP contribution in [0.4, 0.5) is 0 Å². The average Bonchev–Trinajstić information content (AvgIpc) is 3.23. The van der Waals surface area contributed by atoms with Gasteiger partial charge in [0.05, 0.1) is 10.3 Å². The molecule has 1 N–H and O–H groups in total. The molecule has 8 nitrogen and oxygen atoms in total. The lowest BCUT2D eigenvalue weighted by Gasteiger charge is -2.34. The Bertz CT molecular complexity index is 1720. The van der Waals surface area contributed by atoms with Crippen molar-refractivity contribution in [1.29, 1.82) is 0 Å². The number of carbonyl (C=O) groups is 1. The third kappa shape index (κ3) is 4.92. The number of benzene rings is 2. The van der Waals surface area contributed by atoms with Crippen LogP contribution in [0.5, 0.6) is 0 Å². The van der Waals surface area contributed by atoms with Crippen LogP contribution < -0.4 is 5.56 Å². The molecule has 1 amide bonds. The number of thiophene rings is 1. The second kappa shape index (κ2) is 10.3. The highest BCUT2D eigenvalue weighted by molar-refractivity contribution is 7.89. The highest BCUT2D eigenvalue weighted by Crippen LogP contribution is 2.29. The summed E-state index contributed by atoms with van der Waals surface area (Å²) in [4.78, 5) is 37.4. The lowest BCUT2D eigenvalue weighted by atomic mass is 10.1. The summed E-state index contributed by atoms with van der Waals surface area (Å²) in [5, 5.41) is 0.657. The molecule has 4 aromatic rings. The van der Waals surface area contributed by atoms with Gasteiger partial charge < -0.3 is 9.88 Å². The van der Waals surface area contributed by atoms with Gasteiger partial charge in [-0.3, -0.25) is 9.59 Å². The van der Waals surface area contributed by atoms with Gasteiger partial charge in [-0.25, -0.2) is 13.4 Å². The first-order chi connectivity index (χ1) is 18.5. The number of carbonyl (C=O) groups excluding carboxylic acids is 1. The summed E-state index contributed by atoms with van der Waals surface area (Å²) in [7, 11) is -3.65. The Hall–Kier alpha value is -3.34. The van der Waals surface area contributed by atoms with Gasteiger partial charge in [0.25, 0.3) is 11.5 Å². The second-order valence-electron chi connectivity index (χ2n) is 10.1. The fraction of sp³-hybridized carbons (Fsp3) is 0.345. The maximum Gasteiger partial charge on any atom is 0.260 e. The van der Waals surface area contributed by atoms with E-state index in [1.807, 2.05) is 46.8 Å². The minimum Gasteiger partial charge on any atom is -0.336 e. The lowest BCUT2D eigenvalue weighted by molar-refractivity contribution is 0.0698. The summed E-state index contributed by atoms with van der Waals surface area (Å²) in [6, 6.07) is 10.8. The number of amides is 1. The molecule has 1 aliphatic heterocycles. The Morgan fingerprint density at radius 3 is 2.21 bits per heavy atom. The van der Waals surface area contributed by atoms with Gasteiger partial charge in [-0.1, -0.05) is 36.8 Å². The van der Waals surface area contributed by atoms with Crippen LogP contribution in [0.15, 0.2) is 46.1 Å². The molecule has 3 heterocycles. The molecule has 2 aromatic heterocycles. The van der Waals surface area contributed by atoms with Crippen molar-refractivity contribution in [3.63, 3.8) is 0 Å². The van der Waals surface area contributed by atoms with E-state index >= 15 is 0 Å². The number of nitrogens with zero attached hydrogens (tertiary/aromatic N) is 3. The van der Waals surface area contributed by atoms with E-state index in [4.69, 9.17) is 0 Å². The highest BCUT2D eigenvalue weighted by atomic mass is 32.2. The lowest BCUT2D eigenvalue weighted by Crippen LogP contribution is -2.50. The summed E-state index contributed by atoms with van der Waals surface area (Å²) >= 11 is 1.52. The van der Waals surface area contributed by atoms with Gasteiger partial charge >= 0.3 is 0 Å². The SMILES string of the molecule is CCc1c(C)sc2nc(-c3ccc(C(=O)N4CCN(S(=O)(=O)c5c(C)cc(C)cc5C)CC4)cc3)[nH]c(=O)c12. The smallest absolute Gasteiger partial charge is 0.260 e. The van der Waals surface area contributed by atoms with Gasteiger partial charge in [-0.05, 0) is 62.9 Å². The van der Waals surface area contributed by atoms with E-state index in [1.165, 1.54) is 15.6 Å². The van der Waals surface area contributed by atoms with Crippen LogP contribution in [0.25, 0.3) is 21.6 Å². The van der Waals surface area contributed by atoms with Crippen molar-refractivity contribution < 1.29 is 13.2 Å². The topological polar surface area (TPSA) is 103 Å². The van der Waals surface area contributed by atoms with Crippen LogP contribution >= 0.6 is 11.3 Å². The maximum absolute atomic E-state index is 13.4. The van der Waals surface area contributed by atoms with Crippen molar-refractivity contribution in [2.45, 2.75) is 45.9 Å². The molecule has 0 atom stereocenters. The van der Waals surface area contributed by atoms with E-state index in [0.717, 1.165) is 39.1 Å². The Balaban J connectivity index is 1.30. The molecule has 1 fully saturated rings. The van der Waals surface area contributed by atoms with Crippen LogP contribution in [0.3, 0.4) is 0 Å². The fourth-order valence-electron chi connectivity index (χ4n) is 5.53. The monoisotopic (exact) mass is 564 g/mol. The predicted octanol–water partition coefficient (Wildman–Crippen LogP) is 4.59. The number of aromatic amines is 1. The number of H-pyrrole nitrogens is 1. The van der Waals surface area contributed by atoms with E-state index in [-0.39, 0.29) is 24.6 Å². The van der Waals surface area contributed by atoms with Crippen LogP contribution in [-0.2, 0) is 16.4 Å². The Morgan fingerprint density at radius 1 is 1.00 bits per heavy atom. The molecule has 1 aliphatic rings. The number of hydrogen-bond acceptors (Lipinski definition) is 6. The molecular weight excluding hydrogens is 532 g/mol. The van der Waals surface area contributed by atoms with Crippen molar-refractivity contribution in [1.82, 2.24) is 19.2 Å². The van der Waals surface area contributed by atoms with E-state index < -0.39 is 10.0 Å². The normalized spacial score (nSPS) is 14.7. The number of fused-ring (bicyclic) bond motifs is 1. The van der Waals surface area contributed by atoms with E-state index in [2.05, 4.69) is 9.97 Å². The second-order valence-corrected chi connectivity index (χ2v) is 13.2. The molecule has 0 aliphatic carbocycles. The largest absolute Gasteiger partial charge is 0.336 e. The van der Waals surface area contributed by atoms with Crippen LogP contribution in [0.1, 0.15) is 44.4 Å². The van der Waals surface area contributed by atoms with Crippen LogP contribution in [0, 0.1) is 27.7 Å². The van der Waals surface area contributed by atoms with E-state index in [0.29, 0.717) is 39.6 Å². The van der Waals surface area contributed by atoms with Gasteiger partial charge in [0.1, 0.15) is 10.7 Å². The van der Waals surface area contributed by atoms with E-state index in [1.54, 1.807) is 29.2 Å². The molecule has 0 saturated carbocycles. The minimum atomic E-state index is -3.65. The molecular formula is C29H32N4O4S2. The first-order valence-corrected chi connectivity index (χ1v) is 15.3. The van der Waals surface area contributed by atoms with Crippen LogP contribution in [0.2, 0.25) is 0 Å². The number of aryl methyl sites for hydroxylation is 5. The third-order valence-corrected chi connectivity index (χ3v) is 10.6. The molecule has 204 valence electrons. The summed E-state index contributed by atoms with van der Waals surface area (Å²) < 4.78 is 28.3. The summed E-state index contributed by atoms with van der Waals surface area (Å²) in [5.41, 5.74) is 4.61. The molecule has 2 aromatic carbocycles. The van der Waals surface area contributed by atoms with Crippen molar-refractivity contribution in [2.24, 2.45) is 0 Å². The molecule has 0 bridgehead atoms. The number of sulfonamides is 1. The van der Waals surface area contributed by atoms with Crippen molar-refractivity contribution >= 4 is 37.5 Å². The Morgan fingerprint density at radius 2 is 1.62 bits per heavy atom. The van der Waals surface area contributed by atoms with Gasteiger partial charge in [-0.15, -0.1) is 11.3 Å². The summed E-state index contributed by atoms with van der Waals surface area (Å²) in [6.45, 7) is 10.7. The molecule has 39 heavy (non-hydrogen) atoms. The molecule has 0 unspecified atom stereocenters. The zero-order chi connectivity index (χ0) is 28.1. The summed E-state index contributed by atoms with van der Waals surface area (Å²) in [5.74, 6) is 0.315. The Kier molecular flexibility index (Phi) is 7.21. The van der Waals surface area contributed by atoms with E-state index in [9.17, 15) is 18.0 Å². The quantitative estimate of drug-likeness (QED) is 0.382. The van der Waals surface area contributed by atoms with Gasteiger partial charge in [-0.2, -0.15) is 4.31 Å². The number of hydrogen-bond donors (Lipinski definition) is 1. The zero-order valence-corrected chi connectivity index (χ0v) is 24.4. The first-order valence-electron chi connectivity index (χ1n) is 13.0. The van der Waals surface area contributed by atoms with Crippen molar-refractivity contribution in [3.8, 4) is 11.4 Å².